The molecule has 0 bridgehead atoms. The van der Waals surface area contributed by atoms with Crippen LogP contribution in [0.1, 0.15) is 55.1 Å². The van der Waals surface area contributed by atoms with Crippen molar-refractivity contribution in [3.05, 3.63) is 23.7 Å². The average Bonchev–Trinajstić information content (AvgIpc) is 2.85. The Bertz CT molecular complexity index is 405. The standard InChI is InChI=1S/C15H23NO3/c1-11-2-4-12(5-3-11)6-8-16-10-13-7-9-19-14(13)15(17)18/h7,9,11-12,16H,2-6,8,10H2,1H3,(H,17,18). The van der Waals surface area contributed by atoms with Crippen molar-refractivity contribution in [3.63, 3.8) is 0 Å². The smallest absolute Gasteiger partial charge is 0.372 e. The number of furan rings is 1. The summed E-state index contributed by atoms with van der Waals surface area (Å²) >= 11 is 0. The zero-order chi connectivity index (χ0) is 13.7. The fourth-order valence-electron chi connectivity index (χ4n) is 2.81. The first kappa shape index (κ1) is 14.1. The van der Waals surface area contributed by atoms with Crippen LogP contribution in [0, 0.1) is 11.8 Å². The quantitative estimate of drug-likeness (QED) is 0.775. The molecular weight excluding hydrogens is 242 g/mol. The Morgan fingerprint density at radius 3 is 2.84 bits per heavy atom. The van der Waals surface area contributed by atoms with E-state index in [1.165, 1.54) is 38.4 Å². The maximum Gasteiger partial charge on any atom is 0.372 e. The van der Waals surface area contributed by atoms with Crippen molar-refractivity contribution >= 4 is 5.97 Å². The minimum absolute atomic E-state index is 0.0546. The summed E-state index contributed by atoms with van der Waals surface area (Å²) in [6, 6.07) is 1.72. The second-order valence-electron chi connectivity index (χ2n) is 5.67. The van der Waals surface area contributed by atoms with Crippen molar-refractivity contribution in [1.29, 1.82) is 0 Å². The van der Waals surface area contributed by atoms with Gasteiger partial charge in [0, 0.05) is 12.1 Å². The maximum absolute atomic E-state index is 10.9. The molecule has 2 N–H and O–H groups in total. The van der Waals surface area contributed by atoms with Gasteiger partial charge in [0.15, 0.2) is 0 Å². The lowest BCUT2D eigenvalue weighted by Crippen LogP contribution is -2.21. The summed E-state index contributed by atoms with van der Waals surface area (Å²) in [5.41, 5.74) is 0.727. The highest BCUT2D eigenvalue weighted by molar-refractivity contribution is 5.86. The van der Waals surface area contributed by atoms with Gasteiger partial charge in [-0.15, -0.1) is 0 Å². The second-order valence-corrected chi connectivity index (χ2v) is 5.67. The van der Waals surface area contributed by atoms with Gasteiger partial charge in [-0.3, -0.25) is 0 Å². The van der Waals surface area contributed by atoms with Crippen molar-refractivity contribution < 1.29 is 14.3 Å². The van der Waals surface area contributed by atoms with Crippen LogP contribution in [0.4, 0.5) is 0 Å². The maximum atomic E-state index is 10.9. The third-order valence-corrected chi connectivity index (χ3v) is 4.12. The summed E-state index contributed by atoms with van der Waals surface area (Å²) in [4.78, 5) is 10.9. The molecule has 4 nitrogen and oxygen atoms in total. The van der Waals surface area contributed by atoms with E-state index in [0.717, 1.165) is 23.9 Å². The Kier molecular flexibility index (Phi) is 5.02. The molecule has 1 aliphatic carbocycles. The Labute approximate surface area is 114 Å². The van der Waals surface area contributed by atoms with Crippen LogP contribution in [0.2, 0.25) is 0 Å². The highest BCUT2D eigenvalue weighted by atomic mass is 16.4. The SMILES string of the molecule is CC1CCC(CCNCc2ccoc2C(=O)O)CC1. The normalized spacial score (nSPS) is 23.4. The largest absolute Gasteiger partial charge is 0.475 e. The van der Waals surface area contributed by atoms with Gasteiger partial charge in [-0.05, 0) is 30.9 Å². The molecule has 2 rings (SSSR count). The van der Waals surface area contributed by atoms with E-state index in [-0.39, 0.29) is 5.76 Å². The topological polar surface area (TPSA) is 62.5 Å². The van der Waals surface area contributed by atoms with Gasteiger partial charge in [0.25, 0.3) is 0 Å². The second kappa shape index (κ2) is 6.75. The van der Waals surface area contributed by atoms with Crippen LogP contribution in [0.3, 0.4) is 0 Å². The molecule has 1 aromatic heterocycles. The summed E-state index contributed by atoms with van der Waals surface area (Å²) in [6.45, 7) is 3.85. The number of carboxylic acids is 1. The zero-order valence-corrected chi connectivity index (χ0v) is 11.5. The third-order valence-electron chi connectivity index (χ3n) is 4.12. The van der Waals surface area contributed by atoms with Crippen molar-refractivity contribution in [2.24, 2.45) is 11.8 Å². The predicted molar refractivity (Wildman–Crippen MR) is 73.1 cm³/mol. The van der Waals surface area contributed by atoms with E-state index >= 15 is 0 Å². The van der Waals surface area contributed by atoms with Gasteiger partial charge in [0.1, 0.15) is 0 Å². The van der Waals surface area contributed by atoms with Crippen molar-refractivity contribution in [3.8, 4) is 0 Å². The van der Waals surface area contributed by atoms with Crippen LogP contribution in [-0.4, -0.2) is 17.6 Å². The van der Waals surface area contributed by atoms with Crippen LogP contribution < -0.4 is 5.32 Å². The molecule has 0 unspecified atom stereocenters. The first-order chi connectivity index (χ1) is 9.16. The van der Waals surface area contributed by atoms with E-state index < -0.39 is 5.97 Å². The van der Waals surface area contributed by atoms with Gasteiger partial charge in [0.2, 0.25) is 5.76 Å². The summed E-state index contributed by atoms with van der Waals surface area (Å²) in [7, 11) is 0. The Morgan fingerprint density at radius 2 is 2.16 bits per heavy atom. The molecule has 0 aliphatic heterocycles. The zero-order valence-electron chi connectivity index (χ0n) is 11.5. The Balaban J connectivity index is 1.66. The van der Waals surface area contributed by atoms with E-state index in [0.29, 0.717) is 6.54 Å². The van der Waals surface area contributed by atoms with Gasteiger partial charge in [-0.25, -0.2) is 4.79 Å². The number of hydrogen-bond donors (Lipinski definition) is 2. The summed E-state index contributed by atoms with van der Waals surface area (Å²) in [5, 5.41) is 12.2. The molecule has 1 heterocycles. The van der Waals surface area contributed by atoms with E-state index in [1.807, 2.05) is 0 Å². The monoisotopic (exact) mass is 265 g/mol. The van der Waals surface area contributed by atoms with E-state index in [9.17, 15) is 4.79 Å². The van der Waals surface area contributed by atoms with Crippen LogP contribution in [0.25, 0.3) is 0 Å². The molecular formula is C15H23NO3. The molecule has 1 saturated carbocycles. The number of rotatable bonds is 6. The Morgan fingerprint density at radius 1 is 1.42 bits per heavy atom. The minimum atomic E-state index is -0.997. The average molecular weight is 265 g/mol. The molecule has 4 heteroatoms. The molecule has 0 atom stereocenters. The first-order valence-electron chi connectivity index (χ1n) is 7.17. The van der Waals surface area contributed by atoms with Gasteiger partial charge >= 0.3 is 5.97 Å². The summed E-state index contributed by atoms with van der Waals surface area (Å²) < 4.78 is 4.95. The van der Waals surface area contributed by atoms with Crippen LogP contribution in [0.15, 0.2) is 16.7 Å². The molecule has 0 radical (unpaired) electrons. The molecule has 0 aromatic carbocycles. The lowest BCUT2D eigenvalue weighted by atomic mass is 9.81. The lowest BCUT2D eigenvalue weighted by molar-refractivity contribution is 0.0660. The number of hydrogen-bond acceptors (Lipinski definition) is 3. The Hall–Kier alpha value is -1.29. The number of nitrogens with one attached hydrogen (secondary N) is 1. The highest BCUT2D eigenvalue weighted by Gasteiger charge is 2.18. The first-order valence-corrected chi connectivity index (χ1v) is 7.17. The third kappa shape index (κ3) is 4.10. The molecule has 0 amide bonds. The molecule has 1 fully saturated rings. The van der Waals surface area contributed by atoms with Crippen LogP contribution in [-0.2, 0) is 6.54 Å². The predicted octanol–water partition coefficient (Wildman–Crippen LogP) is 3.28. The molecule has 106 valence electrons. The van der Waals surface area contributed by atoms with Gasteiger partial charge in [-0.1, -0.05) is 32.6 Å². The van der Waals surface area contributed by atoms with Crippen molar-refractivity contribution in [1.82, 2.24) is 5.32 Å². The van der Waals surface area contributed by atoms with Gasteiger partial charge in [0.05, 0.1) is 6.26 Å². The summed E-state index contributed by atoms with van der Waals surface area (Å²) in [5.74, 6) is 0.794. The molecule has 0 spiro atoms. The lowest BCUT2D eigenvalue weighted by Gasteiger charge is -2.26. The number of carbonyl (C=O) groups is 1. The van der Waals surface area contributed by atoms with Crippen LogP contribution >= 0.6 is 0 Å². The summed E-state index contributed by atoms with van der Waals surface area (Å²) in [6.07, 6.45) is 8.02. The van der Waals surface area contributed by atoms with E-state index in [2.05, 4.69) is 12.2 Å². The molecule has 0 saturated heterocycles. The fourth-order valence-corrected chi connectivity index (χ4v) is 2.81. The minimum Gasteiger partial charge on any atom is -0.475 e. The molecule has 1 aromatic rings. The van der Waals surface area contributed by atoms with E-state index in [1.54, 1.807) is 6.07 Å². The number of aromatic carboxylic acids is 1. The highest BCUT2D eigenvalue weighted by Crippen LogP contribution is 2.29. The fraction of sp³-hybridized carbons (Fsp3) is 0.667. The molecule has 1 aliphatic rings. The van der Waals surface area contributed by atoms with E-state index in [4.69, 9.17) is 9.52 Å². The molecule has 19 heavy (non-hydrogen) atoms. The van der Waals surface area contributed by atoms with Gasteiger partial charge in [-0.2, -0.15) is 0 Å². The van der Waals surface area contributed by atoms with Crippen LogP contribution in [0.5, 0.6) is 0 Å². The van der Waals surface area contributed by atoms with Gasteiger partial charge < -0.3 is 14.8 Å². The van der Waals surface area contributed by atoms with Crippen molar-refractivity contribution in [2.45, 2.75) is 45.6 Å². The van der Waals surface area contributed by atoms with Crippen molar-refractivity contribution in [2.75, 3.05) is 6.54 Å². The number of carboxylic acid groups (broad SMARTS) is 1.